The molecule has 0 aliphatic heterocycles. The van der Waals surface area contributed by atoms with Crippen molar-refractivity contribution in [2.45, 2.75) is 0 Å². The Hall–Kier alpha value is -6.26. The molecule has 0 saturated heterocycles. The van der Waals surface area contributed by atoms with E-state index in [1.165, 1.54) is 59.6 Å². The smallest absolute Gasteiger partial charge is 0.165 e. The number of para-hydroxylation sites is 4. The van der Waals surface area contributed by atoms with Crippen molar-refractivity contribution in [3.63, 3.8) is 0 Å². The molecule has 11 rings (SSSR count). The molecule has 0 fully saturated rings. The maximum atomic E-state index is 5.44. The molecule has 4 heterocycles. The zero-order valence-electron chi connectivity index (χ0n) is 24.6. The fourth-order valence-electron chi connectivity index (χ4n) is 7.93. The van der Waals surface area contributed by atoms with E-state index in [4.69, 9.17) is 9.97 Å². The average molecular weight is 585 g/mol. The molecule has 11 aromatic rings. The third-order valence-corrected chi connectivity index (χ3v) is 9.80. The summed E-state index contributed by atoms with van der Waals surface area (Å²) in [5, 5.41) is 9.95. The number of hydrogen-bond donors (Lipinski definition) is 0. The zero-order valence-corrected chi connectivity index (χ0v) is 24.6. The van der Waals surface area contributed by atoms with Crippen LogP contribution in [0.25, 0.3) is 98.8 Å². The lowest BCUT2D eigenvalue weighted by Crippen LogP contribution is -2.04. The standard InChI is InChI=1S/C42H24N4/c1-2-13-26(14-3-1)39-42(44-33-19-9-8-18-32(33)43-39)46-36-23-22-25-12-4-5-15-27(25)37(36)31-24-30-28-16-6-10-20-34(28)45-35-21-11-7-17-29(35)38(40(30)45)41(31)46/h1-24H. The summed E-state index contributed by atoms with van der Waals surface area (Å²) in [6, 6.07) is 52.0. The lowest BCUT2D eigenvalue weighted by Gasteiger charge is -2.14. The van der Waals surface area contributed by atoms with Crippen molar-refractivity contribution in [2.75, 3.05) is 0 Å². The summed E-state index contributed by atoms with van der Waals surface area (Å²) in [4.78, 5) is 10.7. The van der Waals surface area contributed by atoms with E-state index < -0.39 is 0 Å². The number of aromatic nitrogens is 4. The molecule has 0 unspecified atom stereocenters. The van der Waals surface area contributed by atoms with Crippen LogP contribution in [0.5, 0.6) is 0 Å². The fraction of sp³-hybridized carbons (Fsp3) is 0. The van der Waals surface area contributed by atoms with Crippen molar-refractivity contribution in [3.05, 3.63) is 146 Å². The number of hydrogen-bond acceptors (Lipinski definition) is 2. The molecule has 0 amide bonds. The molecule has 7 aromatic carbocycles. The van der Waals surface area contributed by atoms with E-state index in [0.29, 0.717) is 0 Å². The number of nitrogens with zero attached hydrogens (tertiary/aromatic N) is 4. The minimum absolute atomic E-state index is 0.836. The van der Waals surface area contributed by atoms with E-state index in [2.05, 4.69) is 142 Å². The summed E-state index contributed by atoms with van der Waals surface area (Å²) < 4.78 is 4.86. The first-order valence-electron chi connectivity index (χ1n) is 15.7. The Balaban J connectivity index is 1.47. The molecule has 212 valence electrons. The number of fused-ring (bicyclic) bond motifs is 13. The Bertz CT molecular complexity index is 3020. The summed E-state index contributed by atoms with van der Waals surface area (Å²) in [5.74, 6) is 0.836. The first kappa shape index (κ1) is 24.1. The van der Waals surface area contributed by atoms with E-state index >= 15 is 0 Å². The first-order chi connectivity index (χ1) is 22.8. The molecule has 0 aliphatic carbocycles. The van der Waals surface area contributed by atoms with Crippen LogP contribution in [0.2, 0.25) is 0 Å². The molecule has 0 N–H and O–H groups in total. The summed E-state index contributed by atoms with van der Waals surface area (Å²) in [6.45, 7) is 0. The maximum Gasteiger partial charge on any atom is 0.165 e. The van der Waals surface area contributed by atoms with Crippen LogP contribution < -0.4 is 0 Å². The number of rotatable bonds is 2. The Morgan fingerprint density at radius 2 is 1.07 bits per heavy atom. The molecule has 0 radical (unpaired) electrons. The SMILES string of the molecule is c1ccc(-c2nc3ccccc3nc2-n2c3ccc4ccccc4c3c3cc4c5ccccc5n5c6ccccc6c(c32)c45)cc1. The minimum atomic E-state index is 0.836. The van der Waals surface area contributed by atoms with E-state index in [1.807, 2.05) is 12.1 Å². The van der Waals surface area contributed by atoms with Gasteiger partial charge in [-0.15, -0.1) is 0 Å². The quantitative estimate of drug-likeness (QED) is 0.203. The predicted molar refractivity (Wildman–Crippen MR) is 191 cm³/mol. The average Bonchev–Trinajstić information content (AvgIpc) is 3.76. The van der Waals surface area contributed by atoms with Crippen LogP contribution in [0.4, 0.5) is 0 Å². The summed E-state index contributed by atoms with van der Waals surface area (Å²) in [7, 11) is 0. The third-order valence-electron chi connectivity index (χ3n) is 9.80. The molecule has 4 nitrogen and oxygen atoms in total. The summed E-state index contributed by atoms with van der Waals surface area (Å²) in [6.07, 6.45) is 0. The van der Waals surface area contributed by atoms with E-state index in [9.17, 15) is 0 Å². The van der Waals surface area contributed by atoms with Gasteiger partial charge in [-0.2, -0.15) is 0 Å². The first-order valence-corrected chi connectivity index (χ1v) is 15.7. The van der Waals surface area contributed by atoms with Gasteiger partial charge >= 0.3 is 0 Å². The molecule has 4 heteroatoms. The molecule has 4 aromatic heterocycles. The van der Waals surface area contributed by atoms with Gasteiger partial charge in [-0.25, -0.2) is 9.97 Å². The van der Waals surface area contributed by atoms with Crippen LogP contribution in [0, 0.1) is 0 Å². The normalized spacial score (nSPS) is 12.3. The van der Waals surface area contributed by atoms with Gasteiger partial charge in [0.2, 0.25) is 0 Å². The van der Waals surface area contributed by atoms with Gasteiger partial charge in [0.25, 0.3) is 0 Å². The van der Waals surface area contributed by atoms with Crippen molar-refractivity contribution < 1.29 is 0 Å². The molecule has 0 spiro atoms. The Morgan fingerprint density at radius 1 is 0.413 bits per heavy atom. The topological polar surface area (TPSA) is 35.1 Å². The van der Waals surface area contributed by atoms with Crippen molar-refractivity contribution in [3.8, 4) is 17.1 Å². The second-order valence-corrected chi connectivity index (χ2v) is 12.2. The molecule has 46 heavy (non-hydrogen) atoms. The highest BCUT2D eigenvalue weighted by atomic mass is 15.1. The van der Waals surface area contributed by atoms with Crippen LogP contribution in [0.3, 0.4) is 0 Å². The minimum Gasteiger partial charge on any atom is -0.308 e. The lowest BCUT2D eigenvalue weighted by atomic mass is 10.0. The Morgan fingerprint density at radius 3 is 1.89 bits per heavy atom. The van der Waals surface area contributed by atoms with Gasteiger partial charge in [0.1, 0.15) is 5.69 Å². The van der Waals surface area contributed by atoms with Crippen molar-refractivity contribution in [1.82, 2.24) is 18.9 Å². The fourth-order valence-corrected chi connectivity index (χ4v) is 7.93. The molecule has 0 atom stereocenters. The summed E-state index contributed by atoms with van der Waals surface area (Å²) in [5.41, 5.74) is 9.64. The van der Waals surface area contributed by atoms with Gasteiger partial charge in [-0.1, -0.05) is 109 Å². The zero-order chi connectivity index (χ0) is 29.9. The maximum absolute atomic E-state index is 5.44. The molecule has 0 aliphatic rings. The van der Waals surface area contributed by atoms with Crippen LogP contribution in [-0.2, 0) is 0 Å². The van der Waals surface area contributed by atoms with Crippen LogP contribution in [-0.4, -0.2) is 18.9 Å². The van der Waals surface area contributed by atoms with Crippen molar-refractivity contribution in [1.29, 1.82) is 0 Å². The molecule has 0 bridgehead atoms. The second kappa shape index (κ2) is 8.68. The highest BCUT2D eigenvalue weighted by Crippen LogP contribution is 2.48. The highest BCUT2D eigenvalue weighted by molar-refractivity contribution is 6.36. The highest BCUT2D eigenvalue weighted by Gasteiger charge is 2.26. The Labute approximate surface area is 262 Å². The Kier molecular flexibility index (Phi) is 4.55. The molecule has 0 saturated carbocycles. The monoisotopic (exact) mass is 584 g/mol. The van der Waals surface area contributed by atoms with Crippen LogP contribution in [0.1, 0.15) is 0 Å². The van der Waals surface area contributed by atoms with Gasteiger partial charge in [-0.3, -0.25) is 4.57 Å². The van der Waals surface area contributed by atoms with Gasteiger partial charge in [-0.05, 0) is 47.2 Å². The number of benzene rings is 7. The van der Waals surface area contributed by atoms with E-state index in [0.717, 1.165) is 39.1 Å². The van der Waals surface area contributed by atoms with Gasteiger partial charge < -0.3 is 4.40 Å². The summed E-state index contributed by atoms with van der Waals surface area (Å²) >= 11 is 0. The van der Waals surface area contributed by atoms with Crippen molar-refractivity contribution in [2.24, 2.45) is 0 Å². The second-order valence-electron chi connectivity index (χ2n) is 12.2. The van der Waals surface area contributed by atoms with Gasteiger partial charge in [0.15, 0.2) is 5.82 Å². The molecular formula is C42H24N4. The van der Waals surface area contributed by atoms with E-state index in [1.54, 1.807) is 0 Å². The predicted octanol–water partition coefficient (Wildman–Crippen LogP) is 10.7. The van der Waals surface area contributed by atoms with Crippen LogP contribution >= 0.6 is 0 Å². The van der Waals surface area contributed by atoms with E-state index in [-0.39, 0.29) is 0 Å². The lowest BCUT2D eigenvalue weighted by molar-refractivity contribution is 1.08. The van der Waals surface area contributed by atoms with Gasteiger partial charge in [0.05, 0.1) is 38.6 Å². The third kappa shape index (κ3) is 2.98. The largest absolute Gasteiger partial charge is 0.308 e. The molecular weight excluding hydrogens is 560 g/mol. The van der Waals surface area contributed by atoms with Gasteiger partial charge in [0, 0.05) is 37.9 Å². The van der Waals surface area contributed by atoms with Crippen molar-refractivity contribution >= 4 is 81.7 Å². The van der Waals surface area contributed by atoms with Crippen LogP contribution in [0.15, 0.2) is 146 Å².